The summed E-state index contributed by atoms with van der Waals surface area (Å²) in [6.07, 6.45) is 1.52. The van der Waals surface area contributed by atoms with E-state index in [9.17, 15) is 4.79 Å². The van der Waals surface area contributed by atoms with Crippen molar-refractivity contribution in [2.45, 2.75) is 12.8 Å². The van der Waals surface area contributed by atoms with Crippen LogP contribution in [0.3, 0.4) is 0 Å². The lowest BCUT2D eigenvalue weighted by molar-refractivity contribution is -0.135. The highest BCUT2D eigenvalue weighted by molar-refractivity contribution is 5.79. The fourth-order valence-corrected chi connectivity index (χ4v) is 2.59. The van der Waals surface area contributed by atoms with E-state index in [0.29, 0.717) is 12.3 Å². The molecule has 0 radical (unpaired) electrons. The molecular formula is C12H20N4O. The number of rotatable bonds is 3. The third kappa shape index (κ3) is 3.18. The van der Waals surface area contributed by atoms with Gasteiger partial charge in [0.15, 0.2) is 0 Å². The van der Waals surface area contributed by atoms with Crippen molar-refractivity contribution in [1.29, 1.82) is 5.26 Å². The van der Waals surface area contributed by atoms with Crippen molar-refractivity contribution in [3.63, 3.8) is 0 Å². The molecule has 0 aromatic heterocycles. The van der Waals surface area contributed by atoms with Gasteiger partial charge in [0, 0.05) is 45.7 Å². The highest BCUT2D eigenvalue weighted by Gasteiger charge is 2.31. The van der Waals surface area contributed by atoms with Gasteiger partial charge in [-0.1, -0.05) is 0 Å². The Morgan fingerprint density at radius 1 is 1.35 bits per heavy atom. The lowest BCUT2D eigenvalue weighted by Crippen LogP contribution is -2.48. The van der Waals surface area contributed by atoms with E-state index in [4.69, 9.17) is 5.26 Å². The SMILES string of the molecule is N#CCCN1CCC(C(=O)N2CCNCC2)C1. The van der Waals surface area contributed by atoms with Crippen LogP contribution >= 0.6 is 0 Å². The van der Waals surface area contributed by atoms with Crippen molar-refractivity contribution < 1.29 is 4.79 Å². The van der Waals surface area contributed by atoms with Crippen LogP contribution in [0.25, 0.3) is 0 Å². The van der Waals surface area contributed by atoms with Crippen LogP contribution in [-0.4, -0.2) is 61.5 Å². The molecule has 2 fully saturated rings. The molecule has 2 aliphatic rings. The molecule has 0 bridgehead atoms. The van der Waals surface area contributed by atoms with Gasteiger partial charge in [0.25, 0.3) is 0 Å². The van der Waals surface area contributed by atoms with Gasteiger partial charge in [0.05, 0.1) is 12.0 Å². The maximum Gasteiger partial charge on any atom is 0.227 e. The normalized spacial score (nSPS) is 25.8. The monoisotopic (exact) mass is 236 g/mol. The van der Waals surface area contributed by atoms with Gasteiger partial charge in [-0.3, -0.25) is 4.79 Å². The van der Waals surface area contributed by atoms with Crippen LogP contribution in [0.1, 0.15) is 12.8 Å². The predicted octanol–water partition coefficient (Wildman–Crippen LogP) is -0.346. The zero-order valence-electron chi connectivity index (χ0n) is 10.2. The van der Waals surface area contributed by atoms with Crippen molar-refractivity contribution in [3.8, 4) is 6.07 Å². The Kier molecular flexibility index (Phi) is 4.35. The molecule has 2 heterocycles. The summed E-state index contributed by atoms with van der Waals surface area (Å²) in [5.41, 5.74) is 0. The zero-order valence-corrected chi connectivity index (χ0v) is 10.2. The topological polar surface area (TPSA) is 59.4 Å². The van der Waals surface area contributed by atoms with Crippen LogP contribution < -0.4 is 5.32 Å². The minimum Gasteiger partial charge on any atom is -0.340 e. The molecule has 2 rings (SSSR count). The molecule has 17 heavy (non-hydrogen) atoms. The fraction of sp³-hybridized carbons (Fsp3) is 0.833. The second-order valence-electron chi connectivity index (χ2n) is 4.77. The molecule has 0 aromatic rings. The smallest absolute Gasteiger partial charge is 0.227 e. The second-order valence-corrected chi connectivity index (χ2v) is 4.77. The third-order valence-electron chi connectivity index (χ3n) is 3.59. The summed E-state index contributed by atoms with van der Waals surface area (Å²) in [6, 6.07) is 2.16. The van der Waals surface area contributed by atoms with Crippen molar-refractivity contribution in [1.82, 2.24) is 15.1 Å². The lowest BCUT2D eigenvalue weighted by Gasteiger charge is -2.29. The van der Waals surface area contributed by atoms with Gasteiger partial charge in [-0.2, -0.15) is 5.26 Å². The predicted molar refractivity (Wildman–Crippen MR) is 64.2 cm³/mol. The average Bonchev–Trinajstić information content (AvgIpc) is 2.85. The number of nitrogens with zero attached hydrogens (tertiary/aromatic N) is 3. The van der Waals surface area contributed by atoms with E-state index < -0.39 is 0 Å². The highest BCUT2D eigenvalue weighted by Crippen LogP contribution is 2.19. The molecule has 94 valence electrons. The minimum atomic E-state index is 0.159. The number of hydrogen-bond acceptors (Lipinski definition) is 4. The van der Waals surface area contributed by atoms with E-state index in [1.165, 1.54) is 0 Å². The van der Waals surface area contributed by atoms with E-state index in [-0.39, 0.29) is 5.92 Å². The summed E-state index contributed by atoms with van der Waals surface area (Å²) in [6.45, 7) is 6.12. The molecule has 0 aromatic carbocycles. The van der Waals surface area contributed by atoms with Crippen LogP contribution in [0.15, 0.2) is 0 Å². The van der Waals surface area contributed by atoms with Gasteiger partial charge >= 0.3 is 0 Å². The standard InChI is InChI=1S/C12H20N4O/c13-3-1-6-15-7-2-11(10-15)12(17)16-8-4-14-5-9-16/h11,14H,1-2,4-10H2. The van der Waals surface area contributed by atoms with Crippen molar-refractivity contribution >= 4 is 5.91 Å². The number of amides is 1. The molecule has 0 saturated carbocycles. The Morgan fingerprint density at radius 2 is 2.12 bits per heavy atom. The molecule has 0 spiro atoms. The first-order valence-corrected chi connectivity index (χ1v) is 6.40. The third-order valence-corrected chi connectivity index (χ3v) is 3.59. The maximum atomic E-state index is 12.2. The molecule has 1 unspecified atom stereocenters. The minimum absolute atomic E-state index is 0.159. The Labute approximate surface area is 102 Å². The van der Waals surface area contributed by atoms with Gasteiger partial charge in [0.2, 0.25) is 5.91 Å². The molecule has 1 N–H and O–H groups in total. The van der Waals surface area contributed by atoms with Crippen LogP contribution in [0.2, 0.25) is 0 Å². The Bertz CT molecular complexity index is 306. The largest absolute Gasteiger partial charge is 0.340 e. The first-order valence-electron chi connectivity index (χ1n) is 6.40. The summed E-state index contributed by atoms with van der Waals surface area (Å²) in [5.74, 6) is 0.470. The number of nitrogens with one attached hydrogen (secondary N) is 1. The van der Waals surface area contributed by atoms with Gasteiger partial charge in [-0.15, -0.1) is 0 Å². The van der Waals surface area contributed by atoms with E-state index >= 15 is 0 Å². The van der Waals surface area contributed by atoms with E-state index in [1.807, 2.05) is 4.90 Å². The average molecular weight is 236 g/mol. The molecule has 5 heteroatoms. The van der Waals surface area contributed by atoms with Gasteiger partial charge in [-0.05, 0) is 13.0 Å². The first-order chi connectivity index (χ1) is 8.31. The van der Waals surface area contributed by atoms with Crippen LogP contribution in [0, 0.1) is 17.2 Å². The van der Waals surface area contributed by atoms with E-state index in [1.54, 1.807) is 0 Å². The van der Waals surface area contributed by atoms with Crippen LogP contribution in [0.4, 0.5) is 0 Å². The Morgan fingerprint density at radius 3 is 2.82 bits per heavy atom. The second kappa shape index (κ2) is 5.99. The molecule has 2 saturated heterocycles. The zero-order chi connectivity index (χ0) is 12.1. The summed E-state index contributed by atoms with van der Waals surface area (Å²) >= 11 is 0. The fourth-order valence-electron chi connectivity index (χ4n) is 2.59. The molecular weight excluding hydrogens is 216 g/mol. The van der Waals surface area contributed by atoms with Crippen LogP contribution in [0.5, 0.6) is 0 Å². The lowest BCUT2D eigenvalue weighted by atomic mass is 10.1. The quantitative estimate of drug-likeness (QED) is 0.728. The number of nitriles is 1. The number of carbonyl (C=O) groups is 1. The van der Waals surface area contributed by atoms with E-state index in [2.05, 4.69) is 16.3 Å². The number of hydrogen-bond donors (Lipinski definition) is 1. The number of likely N-dealkylation sites (tertiary alicyclic amines) is 1. The van der Waals surface area contributed by atoms with Gasteiger partial charge in [0.1, 0.15) is 0 Å². The number of carbonyl (C=O) groups excluding carboxylic acids is 1. The van der Waals surface area contributed by atoms with Crippen molar-refractivity contribution in [2.75, 3.05) is 45.8 Å². The van der Waals surface area contributed by atoms with Crippen LogP contribution in [-0.2, 0) is 4.79 Å². The van der Waals surface area contributed by atoms with Crippen molar-refractivity contribution in [2.24, 2.45) is 5.92 Å². The Hall–Kier alpha value is -1.12. The van der Waals surface area contributed by atoms with Gasteiger partial charge < -0.3 is 15.1 Å². The first kappa shape index (κ1) is 12.3. The summed E-state index contributed by atoms with van der Waals surface area (Å²) in [4.78, 5) is 16.4. The maximum absolute atomic E-state index is 12.2. The molecule has 0 aliphatic carbocycles. The summed E-state index contributed by atoms with van der Waals surface area (Å²) in [5, 5.41) is 11.8. The highest BCUT2D eigenvalue weighted by atomic mass is 16.2. The summed E-state index contributed by atoms with van der Waals surface area (Å²) < 4.78 is 0. The van der Waals surface area contributed by atoms with Crippen molar-refractivity contribution in [3.05, 3.63) is 0 Å². The molecule has 5 nitrogen and oxygen atoms in total. The summed E-state index contributed by atoms with van der Waals surface area (Å²) in [7, 11) is 0. The Balaban J connectivity index is 1.79. The molecule has 1 atom stereocenters. The molecule has 2 aliphatic heterocycles. The van der Waals surface area contributed by atoms with E-state index in [0.717, 1.165) is 52.2 Å². The van der Waals surface area contributed by atoms with Gasteiger partial charge in [-0.25, -0.2) is 0 Å². The number of piperazine rings is 1. The molecule has 1 amide bonds.